The van der Waals surface area contributed by atoms with Gasteiger partial charge in [-0.15, -0.1) is 0 Å². The van der Waals surface area contributed by atoms with Gasteiger partial charge in [0.2, 0.25) is 0 Å². The molecule has 0 saturated heterocycles. The molecule has 2 N–H and O–H groups in total. The molecule has 0 aliphatic heterocycles. The molecule has 0 atom stereocenters. The monoisotopic (exact) mass is 271 g/mol. The zero-order valence-electron chi connectivity index (χ0n) is 13.0. The highest BCUT2D eigenvalue weighted by atomic mass is 15.3. The van der Waals surface area contributed by atoms with E-state index in [1.54, 1.807) is 4.68 Å². The molecule has 1 aromatic heterocycles. The van der Waals surface area contributed by atoms with Crippen molar-refractivity contribution in [3.05, 3.63) is 35.5 Å². The van der Waals surface area contributed by atoms with Crippen molar-refractivity contribution in [3.63, 3.8) is 0 Å². The molecule has 0 radical (unpaired) electrons. The molecule has 108 valence electrons. The van der Waals surface area contributed by atoms with Gasteiger partial charge in [0, 0.05) is 12.6 Å². The van der Waals surface area contributed by atoms with E-state index >= 15 is 0 Å². The minimum atomic E-state index is 0.551. The topological polar surface area (TPSA) is 43.8 Å². The maximum Gasteiger partial charge on any atom is 0.129 e. The van der Waals surface area contributed by atoms with E-state index in [-0.39, 0.29) is 0 Å². The maximum absolute atomic E-state index is 6.21. The van der Waals surface area contributed by atoms with Crippen LogP contribution >= 0.6 is 0 Å². The molecule has 3 heteroatoms. The Labute approximate surface area is 121 Å². The van der Waals surface area contributed by atoms with Gasteiger partial charge in [-0.05, 0) is 29.9 Å². The minimum absolute atomic E-state index is 0.551. The minimum Gasteiger partial charge on any atom is -0.383 e. The zero-order chi connectivity index (χ0) is 14.7. The molecule has 0 saturated carbocycles. The van der Waals surface area contributed by atoms with Crippen LogP contribution in [0, 0.1) is 0 Å². The van der Waals surface area contributed by atoms with E-state index in [4.69, 9.17) is 5.73 Å². The van der Waals surface area contributed by atoms with Crippen LogP contribution in [0.3, 0.4) is 0 Å². The van der Waals surface area contributed by atoms with Gasteiger partial charge >= 0.3 is 0 Å². The molecule has 0 bridgehead atoms. The van der Waals surface area contributed by atoms with Gasteiger partial charge in [0.25, 0.3) is 0 Å². The van der Waals surface area contributed by atoms with Crippen LogP contribution in [0.25, 0.3) is 11.1 Å². The number of nitrogens with zero attached hydrogens (tertiary/aromatic N) is 2. The van der Waals surface area contributed by atoms with Gasteiger partial charge in [0.15, 0.2) is 0 Å². The fourth-order valence-corrected chi connectivity index (χ4v) is 2.46. The normalized spacial score (nSPS) is 11.2. The van der Waals surface area contributed by atoms with E-state index in [1.165, 1.54) is 17.5 Å². The second kappa shape index (κ2) is 6.12. The van der Waals surface area contributed by atoms with E-state index in [2.05, 4.69) is 50.1 Å². The number of aromatic nitrogens is 2. The molecule has 0 spiro atoms. The Morgan fingerprint density at radius 2 is 1.85 bits per heavy atom. The molecule has 20 heavy (non-hydrogen) atoms. The lowest BCUT2D eigenvalue weighted by Gasteiger charge is -2.08. The first-order chi connectivity index (χ1) is 9.54. The van der Waals surface area contributed by atoms with Crippen LogP contribution < -0.4 is 5.73 Å². The molecule has 0 aliphatic rings. The first-order valence-corrected chi connectivity index (χ1v) is 7.46. The lowest BCUT2D eigenvalue weighted by molar-refractivity contribution is 0.718. The Morgan fingerprint density at radius 3 is 2.40 bits per heavy atom. The highest BCUT2D eigenvalue weighted by Gasteiger charge is 2.15. The number of aryl methyl sites for hydroxylation is 2. The maximum atomic E-state index is 6.21. The number of unbranched alkanes of at least 4 members (excludes halogenated alkanes) is 1. The molecule has 2 rings (SSSR count). The van der Waals surface area contributed by atoms with E-state index in [0.29, 0.717) is 5.92 Å². The van der Waals surface area contributed by atoms with Crippen LogP contribution in [0.5, 0.6) is 0 Å². The molecule has 0 aliphatic carbocycles. The summed E-state index contributed by atoms with van der Waals surface area (Å²) in [5.74, 6) is 1.31. The van der Waals surface area contributed by atoms with Gasteiger partial charge in [-0.3, -0.25) is 4.68 Å². The van der Waals surface area contributed by atoms with Crippen LogP contribution in [0.4, 0.5) is 5.82 Å². The molecular weight excluding hydrogens is 246 g/mol. The summed E-state index contributed by atoms with van der Waals surface area (Å²) >= 11 is 0. The Balaban J connectivity index is 2.40. The zero-order valence-corrected chi connectivity index (χ0v) is 13.0. The van der Waals surface area contributed by atoms with Crippen molar-refractivity contribution in [1.82, 2.24) is 9.78 Å². The second-order valence-electron chi connectivity index (χ2n) is 5.71. The van der Waals surface area contributed by atoms with Crippen molar-refractivity contribution < 1.29 is 0 Å². The Hall–Kier alpha value is -1.77. The average molecular weight is 271 g/mol. The van der Waals surface area contributed by atoms with Gasteiger partial charge < -0.3 is 5.73 Å². The predicted octanol–water partition coefficient (Wildman–Crippen LogP) is 4.14. The summed E-state index contributed by atoms with van der Waals surface area (Å²) in [6.07, 6.45) is 3.30. The number of hydrogen-bond acceptors (Lipinski definition) is 2. The third-order valence-corrected chi connectivity index (χ3v) is 3.80. The Kier molecular flexibility index (Phi) is 4.48. The van der Waals surface area contributed by atoms with Crippen LogP contribution in [-0.2, 0) is 13.5 Å². The summed E-state index contributed by atoms with van der Waals surface area (Å²) in [6, 6.07) is 8.71. The van der Waals surface area contributed by atoms with Gasteiger partial charge in [-0.1, -0.05) is 51.5 Å². The predicted molar refractivity (Wildman–Crippen MR) is 85.8 cm³/mol. The summed E-state index contributed by atoms with van der Waals surface area (Å²) in [5.41, 5.74) is 11.0. The summed E-state index contributed by atoms with van der Waals surface area (Å²) in [4.78, 5) is 0. The van der Waals surface area contributed by atoms with Crippen molar-refractivity contribution in [1.29, 1.82) is 0 Å². The van der Waals surface area contributed by atoms with E-state index in [9.17, 15) is 0 Å². The summed E-state index contributed by atoms with van der Waals surface area (Å²) in [6.45, 7) is 6.61. The third-order valence-electron chi connectivity index (χ3n) is 3.80. The SMILES string of the molecule is CCCCc1nn(C)c(N)c1-c1ccc(C(C)C)cc1. The number of rotatable bonds is 5. The van der Waals surface area contributed by atoms with Crippen LogP contribution in [-0.4, -0.2) is 9.78 Å². The summed E-state index contributed by atoms with van der Waals surface area (Å²) in [7, 11) is 1.91. The van der Waals surface area contributed by atoms with Crippen molar-refractivity contribution in [2.24, 2.45) is 7.05 Å². The molecule has 0 amide bonds. The van der Waals surface area contributed by atoms with Gasteiger partial charge in [0.05, 0.1) is 5.69 Å². The first kappa shape index (κ1) is 14.6. The summed E-state index contributed by atoms with van der Waals surface area (Å²) in [5, 5.41) is 4.57. The van der Waals surface area contributed by atoms with Crippen LogP contribution in [0.1, 0.15) is 50.8 Å². The Bertz CT molecular complexity index is 565. The fourth-order valence-electron chi connectivity index (χ4n) is 2.46. The van der Waals surface area contributed by atoms with Crippen molar-refractivity contribution in [2.75, 3.05) is 5.73 Å². The van der Waals surface area contributed by atoms with Crippen LogP contribution in [0.2, 0.25) is 0 Å². The molecule has 0 unspecified atom stereocenters. The fraction of sp³-hybridized carbons (Fsp3) is 0.471. The lowest BCUT2D eigenvalue weighted by Crippen LogP contribution is -1.98. The molecule has 1 aromatic carbocycles. The highest BCUT2D eigenvalue weighted by molar-refractivity contribution is 5.76. The van der Waals surface area contributed by atoms with Crippen LogP contribution in [0.15, 0.2) is 24.3 Å². The third kappa shape index (κ3) is 2.87. The molecular formula is C17H25N3. The lowest BCUT2D eigenvalue weighted by atomic mass is 9.97. The van der Waals surface area contributed by atoms with E-state index < -0.39 is 0 Å². The largest absolute Gasteiger partial charge is 0.383 e. The number of anilines is 1. The smallest absolute Gasteiger partial charge is 0.129 e. The van der Waals surface area contributed by atoms with Gasteiger partial charge in [-0.25, -0.2) is 0 Å². The summed E-state index contributed by atoms with van der Waals surface area (Å²) < 4.78 is 1.79. The molecule has 1 heterocycles. The number of nitrogens with two attached hydrogens (primary N) is 1. The van der Waals surface area contributed by atoms with Crippen molar-refractivity contribution in [3.8, 4) is 11.1 Å². The number of nitrogen functional groups attached to an aromatic ring is 1. The van der Waals surface area contributed by atoms with E-state index in [0.717, 1.165) is 29.9 Å². The number of hydrogen-bond donors (Lipinski definition) is 1. The van der Waals surface area contributed by atoms with Crippen molar-refractivity contribution in [2.45, 2.75) is 46.0 Å². The standard InChI is InChI=1S/C17H25N3/c1-5-6-7-15-16(17(18)20(4)19-15)14-10-8-13(9-11-14)12(2)3/h8-12H,5-7,18H2,1-4H3. The average Bonchev–Trinajstić information content (AvgIpc) is 2.72. The molecule has 2 aromatic rings. The Morgan fingerprint density at radius 1 is 1.20 bits per heavy atom. The number of benzene rings is 1. The van der Waals surface area contributed by atoms with Gasteiger partial charge in [0.1, 0.15) is 5.82 Å². The van der Waals surface area contributed by atoms with Crippen molar-refractivity contribution >= 4 is 5.82 Å². The molecule has 0 fully saturated rings. The quantitative estimate of drug-likeness (QED) is 0.888. The second-order valence-corrected chi connectivity index (χ2v) is 5.71. The van der Waals surface area contributed by atoms with E-state index in [1.807, 2.05) is 7.05 Å². The highest BCUT2D eigenvalue weighted by Crippen LogP contribution is 2.31. The van der Waals surface area contributed by atoms with Gasteiger partial charge in [-0.2, -0.15) is 5.10 Å². The molecule has 3 nitrogen and oxygen atoms in total. The first-order valence-electron chi connectivity index (χ1n) is 7.46.